The lowest BCUT2D eigenvalue weighted by molar-refractivity contribution is -0.384. The van der Waals surface area contributed by atoms with Gasteiger partial charge in [0.15, 0.2) is 0 Å². The molecule has 0 radical (unpaired) electrons. The number of nitrogens with one attached hydrogen (secondary N) is 2. The summed E-state index contributed by atoms with van der Waals surface area (Å²) < 4.78 is 52.3. The number of nitro groups is 1. The number of ether oxygens (including phenoxy) is 10. The van der Waals surface area contributed by atoms with Crippen LogP contribution in [0, 0.1) is 78.1 Å². The zero-order chi connectivity index (χ0) is 96.7. The normalized spacial score (nSPS) is 35.4. The molecule has 133 heavy (non-hydrogen) atoms. The molecule has 756 valence electrons. The Kier molecular flexibility index (Phi) is 43.7. The number of alkyl halides is 2. The Bertz CT molecular complexity index is 3730. The van der Waals surface area contributed by atoms with E-state index in [-0.39, 0.29) is 97.7 Å². The third-order valence-corrected chi connectivity index (χ3v) is 34.5. The van der Waals surface area contributed by atoms with Crippen molar-refractivity contribution in [3.8, 4) is 5.75 Å². The van der Waals surface area contributed by atoms with Crippen molar-refractivity contribution >= 4 is 65.1 Å². The number of halogens is 2. The van der Waals surface area contributed by atoms with Crippen LogP contribution >= 0.6 is 23.2 Å². The molecule has 30 heteroatoms. The van der Waals surface area contributed by atoms with Gasteiger partial charge in [-0.05, 0) is 310 Å². The largest absolute Gasteiger partial charge is 0.514 e. The number of non-ortho nitro benzene ring substituents is 1. The Labute approximate surface area is 804 Å². The lowest BCUT2D eigenvalue weighted by Gasteiger charge is -2.55. The summed E-state index contributed by atoms with van der Waals surface area (Å²) in [5.41, 5.74) is 8.22. The average Bonchev–Trinajstić information content (AvgIpc) is 1.61. The molecule has 6 heterocycles. The highest BCUT2D eigenvalue weighted by Crippen LogP contribution is 2.66. The molecule has 0 aromatic heterocycles. The fraction of sp³-hybridized carbons (Fsp3) is 0.825. The first-order valence-electron chi connectivity index (χ1n) is 50.8. The highest BCUT2D eigenvalue weighted by atomic mass is 35.5. The van der Waals surface area contributed by atoms with Crippen molar-refractivity contribution in [1.29, 1.82) is 0 Å². The van der Waals surface area contributed by atoms with Crippen molar-refractivity contribution in [3.05, 3.63) is 69.9 Å². The number of hydrogen-bond acceptors (Lipinski definition) is 25. The van der Waals surface area contributed by atoms with Gasteiger partial charge in [0, 0.05) is 110 Å². The van der Waals surface area contributed by atoms with Gasteiger partial charge in [-0.25, -0.2) is 14.4 Å². The number of morpholine rings is 3. The summed E-state index contributed by atoms with van der Waals surface area (Å²) in [7, 11) is 0. The lowest BCUT2D eigenvalue weighted by atomic mass is 9.52. The van der Waals surface area contributed by atoms with Crippen LogP contribution in [0.2, 0.25) is 0 Å². The highest BCUT2D eigenvalue weighted by Gasteiger charge is 2.61. The highest BCUT2D eigenvalue weighted by molar-refractivity contribution is 6.40. The monoisotopic (exact) mass is 1910 g/mol. The molecule has 0 bridgehead atoms. The number of nitro benzene ring substituents is 1. The summed E-state index contributed by atoms with van der Waals surface area (Å²) in [6.45, 7) is 42.3. The van der Waals surface area contributed by atoms with Crippen LogP contribution in [0.1, 0.15) is 314 Å². The van der Waals surface area contributed by atoms with Gasteiger partial charge in [0.05, 0.1) is 85.5 Å². The molecule has 12 fully saturated rings. The van der Waals surface area contributed by atoms with Gasteiger partial charge in [-0.3, -0.25) is 39.2 Å². The van der Waals surface area contributed by atoms with E-state index in [9.17, 15) is 54.2 Å². The first-order chi connectivity index (χ1) is 63.3. The van der Waals surface area contributed by atoms with Crippen molar-refractivity contribution in [2.45, 2.75) is 349 Å². The van der Waals surface area contributed by atoms with Crippen LogP contribution < -0.4 is 21.1 Å². The van der Waals surface area contributed by atoms with Gasteiger partial charge < -0.3 is 79.1 Å². The Hall–Kier alpha value is -5.76. The number of nitrogens with zero attached hydrogens (tertiary/aromatic N) is 4. The van der Waals surface area contributed by atoms with E-state index in [1.165, 1.54) is 88.0 Å². The number of aliphatic hydroxyl groups is 3. The topological polar surface area (TPSA) is 358 Å². The molecule has 18 atom stereocenters. The van der Waals surface area contributed by atoms with Gasteiger partial charge >= 0.3 is 36.2 Å². The molecule has 0 unspecified atom stereocenters. The summed E-state index contributed by atoms with van der Waals surface area (Å²) in [6, 6.07) is 5.40. The van der Waals surface area contributed by atoms with E-state index in [2.05, 4.69) is 102 Å². The van der Waals surface area contributed by atoms with E-state index in [0.29, 0.717) is 67.9 Å². The summed E-state index contributed by atoms with van der Waals surface area (Å²) in [5, 5.41) is 51.4. The van der Waals surface area contributed by atoms with Crippen LogP contribution in [-0.2, 0) is 57.0 Å². The van der Waals surface area contributed by atoms with Crippen LogP contribution in [0.4, 0.5) is 20.1 Å². The maximum atomic E-state index is 12.4. The molecular formula is C103H169Cl2N7O21. The molecule has 1 aromatic rings. The number of carbonyl (C=O) groups is 6. The standard InChI is InChI=1S/2C26H46N2O4.C26H37NO6.C6H14N2O.3C6H8O2.CH2Cl2/c2*1-4-20-18-22(32-23(29)27-12-13-28-14-16-31-17-15-28)7-11-25(20,3)21-6-10-24(2)8-5-9-26(24,30)19-21;1-4-18-16-22(33-23(28)32-21-8-6-20(7-9-21)27(30)31)11-15-25(18,3)19-10-14-24(2)12-5-13-26(24,29)17-19;7-1-2-8-3-5-9-6-4-8;3*1-5-2-3-6(7)8-4-5;2-1-3/h2*20-22,30H,4-19H2,1-3H3,(H,27,29);6-9,18-19,22,29H,4-5,10-17H2,1-3H3;1-7H2;3*4H,2-3H2,1H3;1H2/t2*20-,21+,22+,24+,25+,26+;18-,19+,22+,24+,25+,26+;;;;;/m111...../s1. The molecule has 0 spiro atoms. The van der Waals surface area contributed by atoms with E-state index < -0.39 is 27.9 Å². The number of nitrogens with two attached hydrogens (primary N) is 1. The zero-order valence-corrected chi connectivity index (χ0v) is 84.5. The molecule has 1 aromatic carbocycles. The van der Waals surface area contributed by atoms with Crippen LogP contribution in [-0.4, -0.2) is 230 Å². The van der Waals surface area contributed by atoms with Gasteiger partial charge in [-0.1, -0.05) is 81.6 Å². The minimum atomic E-state index is -0.763. The summed E-state index contributed by atoms with van der Waals surface area (Å²) in [4.78, 5) is 85.4. The number of alkyl carbamates (subject to hydrolysis) is 2. The van der Waals surface area contributed by atoms with Gasteiger partial charge in [-0.15, -0.1) is 23.2 Å². The molecule has 9 saturated carbocycles. The quantitative estimate of drug-likeness (QED) is 0.0187. The van der Waals surface area contributed by atoms with Crippen molar-refractivity contribution in [2.75, 3.05) is 124 Å². The maximum absolute atomic E-state index is 12.4. The molecule has 2 amide bonds. The molecule has 6 aliphatic heterocycles. The SMILES string of the molecule is CC1=COC(=O)CC1.CC1=COC(=O)CC1.CC1=COC(=O)CC1.CC[C@@H]1C[C@@H](OC(=O)NCCN2CCOCC2)CC[C@]1(C)[C@H]1CC[C@]2(C)CCC[C@]2(O)C1.CC[C@@H]1C[C@@H](OC(=O)NCCN2CCOCC2)CC[C@]1(C)[C@H]1CC[C@]2(C)CCC[C@]2(O)C1.CC[C@@H]1C[C@@H](OC(=O)Oc2ccc([N+](=O)[O-])cc2)CC[C@]1(C)[C@H]1CC[C@]2(C)CCC[C@]2(O)C1.ClCCl.NCCN1CCOCC1. The predicted molar refractivity (Wildman–Crippen MR) is 515 cm³/mol. The summed E-state index contributed by atoms with van der Waals surface area (Å²) in [5.74, 6) is 3.03. The van der Waals surface area contributed by atoms with Gasteiger partial charge in [0.1, 0.15) is 24.1 Å². The molecule has 16 rings (SSSR count). The van der Waals surface area contributed by atoms with Gasteiger partial charge in [-0.2, -0.15) is 0 Å². The molecule has 15 aliphatic rings. The second kappa shape index (κ2) is 52.5. The maximum Gasteiger partial charge on any atom is 0.514 e. The number of amides is 2. The first-order valence-corrected chi connectivity index (χ1v) is 51.9. The smallest absolute Gasteiger partial charge is 0.446 e. The number of benzene rings is 1. The summed E-state index contributed by atoms with van der Waals surface area (Å²) >= 11 is 9.53. The Morgan fingerprint density at radius 2 is 0.774 bits per heavy atom. The number of fused-ring (bicyclic) bond motifs is 3. The van der Waals surface area contributed by atoms with E-state index >= 15 is 0 Å². The molecular weight excluding hydrogens is 1740 g/mol. The fourth-order valence-corrected chi connectivity index (χ4v) is 25.0. The zero-order valence-electron chi connectivity index (χ0n) is 82.9. The Morgan fingerprint density at radius 3 is 1.05 bits per heavy atom. The van der Waals surface area contributed by atoms with E-state index in [1.54, 1.807) is 0 Å². The minimum absolute atomic E-state index is 0.0137. The lowest BCUT2D eigenvalue weighted by Crippen LogP contribution is -2.52. The van der Waals surface area contributed by atoms with Crippen LogP contribution in [0.25, 0.3) is 0 Å². The van der Waals surface area contributed by atoms with Crippen molar-refractivity contribution < 1.29 is 96.4 Å². The van der Waals surface area contributed by atoms with Crippen LogP contribution in [0.3, 0.4) is 0 Å². The van der Waals surface area contributed by atoms with Crippen LogP contribution in [0.5, 0.6) is 5.75 Å². The first kappa shape index (κ1) is 111. The fourth-order valence-electron chi connectivity index (χ4n) is 25.0. The second-order valence-corrected chi connectivity index (χ2v) is 43.5. The van der Waals surface area contributed by atoms with Crippen LogP contribution in [0.15, 0.2) is 59.8 Å². The third-order valence-electron chi connectivity index (χ3n) is 34.5. The van der Waals surface area contributed by atoms with E-state index in [0.717, 1.165) is 289 Å². The van der Waals surface area contributed by atoms with Gasteiger partial charge in [0.2, 0.25) is 0 Å². The number of cyclic esters (lactones) is 3. The molecule has 3 saturated heterocycles. The molecule has 7 N–H and O–H groups in total. The Balaban J connectivity index is 0.000000188. The molecule has 28 nitrogen and oxygen atoms in total. The average molecular weight is 1910 g/mol. The van der Waals surface area contributed by atoms with Crippen molar-refractivity contribution in [3.63, 3.8) is 0 Å². The summed E-state index contributed by atoms with van der Waals surface area (Å²) in [6.07, 6.45) is 38.8. The number of allylic oxidation sites excluding steroid dienone is 3. The third kappa shape index (κ3) is 31.4. The van der Waals surface area contributed by atoms with Crippen molar-refractivity contribution in [1.82, 2.24) is 25.3 Å². The second-order valence-electron chi connectivity index (χ2n) is 42.7. The number of hydrogen-bond donors (Lipinski definition) is 6. The Morgan fingerprint density at radius 1 is 0.466 bits per heavy atom. The minimum Gasteiger partial charge on any atom is -0.446 e. The number of rotatable bonds is 19. The predicted octanol–water partition coefficient (Wildman–Crippen LogP) is 19.5. The van der Waals surface area contributed by atoms with Crippen molar-refractivity contribution in [2.24, 2.45) is 73.7 Å². The molecule has 9 aliphatic carbocycles. The number of carbonyl (C=O) groups excluding carboxylic acids is 6. The van der Waals surface area contributed by atoms with E-state index in [4.69, 9.17) is 62.1 Å². The van der Waals surface area contributed by atoms with Gasteiger partial charge in [0.25, 0.3) is 5.69 Å². The van der Waals surface area contributed by atoms with E-state index in [1.807, 2.05) is 20.8 Å². The number of esters is 3.